The maximum absolute atomic E-state index is 12.0. The molecule has 0 aliphatic heterocycles. The largest absolute Gasteiger partial charge is 0.353 e. The Morgan fingerprint density at radius 3 is 3.10 bits per heavy atom. The summed E-state index contributed by atoms with van der Waals surface area (Å²) in [6.45, 7) is 0. The van der Waals surface area contributed by atoms with E-state index in [1.54, 1.807) is 17.4 Å². The van der Waals surface area contributed by atoms with Gasteiger partial charge in [-0.25, -0.2) is 0 Å². The lowest BCUT2D eigenvalue weighted by molar-refractivity contribution is -0.121. The molecule has 0 aromatic carbocycles. The summed E-state index contributed by atoms with van der Waals surface area (Å²) in [5.74, 6) is 0.0744. The Morgan fingerprint density at radius 1 is 1.40 bits per heavy atom. The van der Waals surface area contributed by atoms with Gasteiger partial charge in [0.2, 0.25) is 11.5 Å². The number of nitrogens with one attached hydrogen (secondary N) is 2. The smallest absolute Gasteiger partial charge is 0.248 e. The van der Waals surface area contributed by atoms with Gasteiger partial charge in [-0.05, 0) is 36.3 Å². The van der Waals surface area contributed by atoms with E-state index >= 15 is 0 Å². The maximum atomic E-state index is 12.0. The van der Waals surface area contributed by atoms with Gasteiger partial charge in [0.1, 0.15) is 0 Å². The number of thiophene rings is 1. The van der Waals surface area contributed by atoms with E-state index in [4.69, 9.17) is 0 Å². The lowest BCUT2D eigenvalue weighted by Gasteiger charge is -2.25. The number of carbonyl (C=O) groups excluding carboxylic acids is 1. The number of aromatic nitrogens is 1. The molecule has 104 valence electrons. The molecule has 0 bridgehead atoms. The highest BCUT2D eigenvalue weighted by Gasteiger charge is 2.20. The van der Waals surface area contributed by atoms with E-state index in [1.807, 2.05) is 23.6 Å². The minimum atomic E-state index is -0.0519. The summed E-state index contributed by atoms with van der Waals surface area (Å²) >= 11 is 1.60. The molecular formula is C15H16N2O2S. The van der Waals surface area contributed by atoms with E-state index in [9.17, 15) is 9.59 Å². The normalized spacial score (nSPS) is 17.5. The number of pyridine rings is 1. The summed E-state index contributed by atoms with van der Waals surface area (Å²) in [6.07, 6.45) is 2.94. The fourth-order valence-corrected chi connectivity index (χ4v) is 3.32. The van der Waals surface area contributed by atoms with E-state index in [0.29, 0.717) is 6.42 Å². The molecule has 0 saturated carbocycles. The van der Waals surface area contributed by atoms with E-state index < -0.39 is 0 Å². The number of amides is 1. The molecule has 20 heavy (non-hydrogen) atoms. The molecule has 1 amide bonds. The summed E-state index contributed by atoms with van der Waals surface area (Å²) < 4.78 is 0. The first-order chi connectivity index (χ1) is 9.70. The fraction of sp³-hybridized carbons (Fsp3) is 0.333. The van der Waals surface area contributed by atoms with Gasteiger partial charge in [-0.1, -0.05) is 12.1 Å². The number of hydrogen-bond acceptors (Lipinski definition) is 3. The molecule has 3 rings (SSSR count). The second kappa shape index (κ2) is 5.63. The van der Waals surface area contributed by atoms with Crippen LogP contribution in [0.4, 0.5) is 0 Å². The molecule has 2 aromatic heterocycles. The zero-order chi connectivity index (χ0) is 13.9. The minimum Gasteiger partial charge on any atom is -0.353 e. The lowest BCUT2D eigenvalue weighted by atomic mass is 9.92. The molecule has 4 nitrogen and oxygen atoms in total. The molecule has 1 atom stereocenters. The Balaban J connectivity index is 1.61. The molecular weight excluding hydrogens is 272 g/mol. The first-order valence-corrected chi connectivity index (χ1v) is 7.61. The Bertz CT molecular complexity index is 661. The van der Waals surface area contributed by atoms with Gasteiger partial charge in [0.05, 0.1) is 6.42 Å². The summed E-state index contributed by atoms with van der Waals surface area (Å²) in [4.78, 5) is 27.2. The summed E-state index contributed by atoms with van der Waals surface area (Å²) in [5.41, 5.74) is 2.10. The van der Waals surface area contributed by atoms with Crippen LogP contribution >= 0.6 is 11.3 Å². The van der Waals surface area contributed by atoms with Gasteiger partial charge in [-0.15, -0.1) is 11.3 Å². The van der Waals surface area contributed by atoms with Crippen molar-refractivity contribution in [2.75, 3.05) is 0 Å². The van der Waals surface area contributed by atoms with Crippen LogP contribution in [0.15, 0.2) is 34.4 Å². The Labute approximate surface area is 120 Å². The Hall–Kier alpha value is -1.88. The molecule has 0 spiro atoms. The lowest BCUT2D eigenvalue weighted by Crippen LogP contribution is -2.40. The van der Waals surface area contributed by atoms with Crippen molar-refractivity contribution in [3.05, 3.63) is 56.1 Å². The van der Waals surface area contributed by atoms with E-state index in [1.165, 1.54) is 0 Å². The van der Waals surface area contributed by atoms with Gasteiger partial charge in [0.25, 0.3) is 0 Å². The highest BCUT2D eigenvalue weighted by atomic mass is 32.1. The number of rotatable bonds is 3. The van der Waals surface area contributed by atoms with Crippen molar-refractivity contribution in [3.63, 3.8) is 0 Å². The first-order valence-electron chi connectivity index (χ1n) is 6.73. The maximum Gasteiger partial charge on any atom is 0.248 e. The van der Waals surface area contributed by atoms with Crippen molar-refractivity contribution in [3.8, 4) is 0 Å². The number of H-pyrrole nitrogens is 1. The van der Waals surface area contributed by atoms with Crippen LogP contribution in [0.25, 0.3) is 0 Å². The number of fused-ring (bicyclic) bond motifs is 1. The topological polar surface area (TPSA) is 62.0 Å². The number of hydrogen-bond donors (Lipinski definition) is 2. The van der Waals surface area contributed by atoms with Gasteiger partial charge < -0.3 is 10.3 Å². The molecule has 2 N–H and O–H groups in total. The molecule has 5 heteroatoms. The number of aromatic amines is 1. The zero-order valence-electron chi connectivity index (χ0n) is 11.0. The predicted octanol–water partition coefficient (Wildman–Crippen LogP) is 1.65. The molecule has 1 unspecified atom stereocenters. The van der Waals surface area contributed by atoms with Crippen LogP contribution in [-0.4, -0.2) is 16.9 Å². The molecule has 2 heterocycles. The second-order valence-electron chi connectivity index (χ2n) is 5.09. The highest BCUT2D eigenvalue weighted by molar-refractivity contribution is 7.10. The molecule has 0 fully saturated rings. The average molecular weight is 288 g/mol. The van der Waals surface area contributed by atoms with E-state index in [0.717, 1.165) is 35.4 Å². The monoisotopic (exact) mass is 288 g/mol. The molecule has 1 aliphatic rings. The molecule has 1 aliphatic carbocycles. The first kappa shape index (κ1) is 13.1. The third-order valence-corrected chi connectivity index (χ3v) is 4.46. The van der Waals surface area contributed by atoms with Crippen molar-refractivity contribution in [2.45, 2.75) is 31.7 Å². The molecule has 0 radical (unpaired) electrons. The number of aryl methyl sites for hydroxylation is 1. The van der Waals surface area contributed by atoms with Crippen LogP contribution in [0.1, 0.15) is 22.6 Å². The standard InChI is InChI=1S/C15H16N2O2S/c18-14-6-3-10-8-11(4-5-13(10)17-14)16-15(19)9-12-2-1-7-20-12/h1-3,6-7,11H,4-5,8-9H2,(H,16,19)(H,17,18). The quantitative estimate of drug-likeness (QED) is 0.902. The van der Waals surface area contributed by atoms with Gasteiger partial charge in [0, 0.05) is 22.7 Å². The predicted molar refractivity (Wildman–Crippen MR) is 79.0 cm³/mol. The van der Waals surface area contributed by atoms with Crippen LogP contribution in [0.5, 0.6) is 0 Å². The third-order valence-electron chi connectivity index (χ3n) is 3.59. The average Bonchev–Trinajstić information content (AvgIpc) is 2.91. The summed E-state index contributed by atoms with van der Waals surface area (Å²) in [5, 5.41) is 5.07. The van der Waals surface area contributed by atoms with E-state index in [2.05, 4.69) is 10.3 Å². The van der Waals surface area contributed by atoms with Crippen molar-refractivity contribution in [1.82, 2.24) is 10.3 Å². The van der Waals surface area contributed by atoms with Crippen molar-refractivity contribution in [1.29, 1.82) is 0 Å². The van der Waals surface area contributed by atoms with Crippen molar-refractivity contribution < 1.29 is 4.79 Å². The second-order valence-corrected chi connectivity index (χ2v) is 6.12. The Kier molecular flexibility index (Phi) is 3.69. The summed E-state index contributed by atoms with van der Waals surface area (Å²) in [6, 6.07) is 7.52. The number of carbonyl (C=O) groups is 1. The highest BCUT2D eigenvalue weighted by Crippen LogP contribution is 2.18. The van der Waals surface area contributed by atoms with Gasteiger partial charge in [-0.3, -0.25) is 9.59 Å². The van der Waals surface area contributed by atoms with Crippen LogP contribution in [0, 0.1) is 0 Å². The minimum absolute atomic E-state index is 0.0519. The van der Waals surface area contributed by atoms with Gasteiger partial charge >= 0.3 is 0 Å². The molecule has 2 aromatic rings. The van der Waals surface area contributed by atoms with Crippen molar-refractivity contribution >= 4 is 17.2 Å². The van der Waals surface area contributed by atoms with Crippen LogP contribution in [0.3, 0.4) is 0 Å². The van der Waals surface area contributed by atoms with Crippen LogP contribution < -0.4 is 10.9 Å². The third kappa shape index (κ3) is 2.99. The van der Waals surface area contributed by atoms with Crippen molar-refractivity contribution in [2.24, 2.45) is 0 Å². The van der Waals surface area contributed by atoms with E-state index in [-0.39, 0.29) is 17.5 Å². The molecule has 0 saturated heterocycles. The summed E-state index contributed by atoms with van der Waals surface area (Å²) in [7, 11) is 0. The van der Waals surface area contributed by atoms with Crippen LogP contribution in [0.2, 0.25) is 0 Å². The Morgan fingerprint density at radius 2 is 2.30 bits per heavy atom. The zero-order valence-corrected chi connectivity index (χ0v) is 11.8. The van der Waals surface area contributed by atoms with Gasteiger partial charge in [0.15, 0.2) is 0 Å². The SMILES string of the molecule is O=C(Cc1cccs1)NC1CCc2[nH]c(=O)ccc2C1. The van der Waals surface area contributed by atoms with Gasteiger partial charge in [-0.2, -0.15) is 0 Å². The fourth-order valence-electron chi connectivity index (χ4n) is 2.62. The van der Waals surface area contributed by atoms with Crippen LogP contribution in [-0.2, 0) is 24.1 Å².